The van der Waals surface area contributed by atoms with E-state index >= 15 is 0 Å². The minimum atomic E-state index is -0.411. The maximum atomic E-state index is 12.4. The Bertz CT molecular complexity index is 1170. The number of fused-ring (bicyclic) bond motifs is 1. The SMILES string of the molecule is COC(=O)c1c(CSc2nnc(-c3ccoc3C)o2)nc2ccccc2c1C. The molecule has 0 atom stereocenters. The van der Waals surface area contributed by atoms with E-state index < -0.39 is 5.97 Å². The summed E-state index contributed by atoms with van der Waals surface area (Å²) < 4.78 is 16.0. The average molecular weight is 395 g/mol. The predicted octanol–water partition coefficient (Wildman–Crippen LogP) is 4.57. The van der Waals surface area contributed by atoms with Gasteiger partial charge in [-0.3, -0.25) is 4.98 Å². The lowest BCUT2D eigenvalue weighted by Gasteiger charge is -2.12. The molecule has 0 aliphatic heterocycles. The highest BCUT2D eigenvalue weighted by Crippen LogP contribution is 2.30. The van der Waals surface area contributed by atoms with Crippen LogP contribution >= 0.6 is 11.8 Å². The molecule has 3 aromatic heterocycles. The number of nitrogens with zero attached hydrogens (tertiary/aromatic N) is 3. The van der Waals surface area contributed by atoms with Crippen LogP contribution in [0.1, 0.15) is 27.4 Å². The van der Waals surface area contributed by atoms with Crippen LogP contribution in [0.15, 0.2) is 50.7 Å². The first-order valence-electron chi connectivity index (χ1n) is 8.55. The number of esters is 1. The number of rotatable bonds is 5. The Kier molecular flexibility index (Phi) is 4.87. The Morgan fingerprint density at radius 1 is 1.18 bits per heavy atom. The molecule has 0 bridgehead atoms. The van der Waals surface area contributed by atoms with E-state index in [1.54, 1.807) is 12.3 Å². The smallest absolute Gasteiger partial charge is 0.340 e. The molecule has 4 aromatic rings. The number of hydrogen-bond donors (Lipinski definition) is 0. The molecule has 0 N–H and O–H groups in total. The zero-order chi connectivity index (χ0) is 19.7. The van der Waals surface area contributed by atoms with E-state index in [-0.39, 0.29) is 0 Å². The highest BCUT2D eigenvalue weighted by Gasteiger charge is 2.21. The van der Waals surface area contributed by atoms with Crippen molar-refractivity contribution in [2.75, 3.05) is 7.11 Å². The number of benzene rings is 1. The maximum Gasteiger partial charge on any atom is 0.340 e. The molecule has 0 spiro atoms. The zero-order valence-electron chi connectivity index (χ0n) is 15.6. The van der Waals surface area contributed by atoms with Gasteiger partial charge in [0.05, 0.1) is 35.7 Å². The van der Waals surface area contributed by atoms with Crippen LogP contribution in [-0.2, 0) is 10.5 Å². The number of methoxy groups -OCH3 is 1. The summed E-state index contributed by atoms with van der Waals surface area (Å²) in [5.74, 6) is 1.08. The molecule has 1 aromatic carbocycles. The Hall–Kier alpha value is -3.13. The lowest BCUT2D eigenvalue weighted by atomic mass is 10.0. The van der Waals surface area contributed by atoms with Gasteiger partial charge in [0.25, 0.3) is 11.1 Å². The average Bonchev–Trinajstić information content (AvgIpc) is 3.34. The van der Waals surface area contributed by atoms with Crippen LogP contribution in [-0.4, -0.2) is 28.3 Å². The zero-order valence-corrected chi connectivity index (χ0v) is 16.4. The number of ether oxygens (including phenoxy) is 1. The van der Waals surface area contributed by atoms with E-state index in [0.717, 1.165) is 22.0 Å². The van der Waals surface area contributed by atoms with Gasteiger partial charge >= 0.3 is 5.97 Å². The van der Waals surface area contributed by atoms with E-state index in [0.29, 0.717) is 33.9 Å². The summed E-state index contributed by atoms with van der Waals surface area (Å²) >= 11 is 1.32. The van der Waals surface area contributed by atoms with Gasteiger partial charge in [-0.05, 0) is 31.5 Å². The first-order valence-corrected chi connectivity index (χ1v) is 9.54. The lowest BCUT2D eigenvalue weighted by Crippen LogP contribution is -2.10. The van der Waals surface area contributed by atoms with Gasteiger partial charge in [0.15, 0.2) is 0 Å². The summed E-state index contributed by atoms with van der Waals surface area (Å²) in [5.41, 5.74) is 3.51. The third-order valence-electron chi connectivity index (χ3n) is 4.44. The number of carbonyl (C=O) groups excluding carboxylic acids is 1. The standard InChI is InChI=1S/C20H17N3O4S/c1-11-13-6-4-5-7-15(13)21-16(17(11)19(24)25-3)10-28-20-23-22-18(27-20)14-8-9-26-12(14)2/h4-9H,10H2,1-3H3. The van der Waals surface area contributed by atoms with E-state index in [1.807, 2.05) is 38.1 Å². The predicted molar refractivity (Wildman–Crippen MR) is 104 cm³/mol. The summed E-state index contributed by atoms with van der Waals surface area (Å²) in [6, 6.07) is 9.48. The van der Waals surface area contributed by atoms with Gasteiger partial charge in [0.1, 0.15) is 5.76 Å². The summed E-state index contributed by atoms with van der Waals surface area (Å²) in [4.78, 5) is 17.0. The fourth-order valence-corrected chi connectivity index (χ4v) is 3.74. The molecule has 0 aliphatic rings. The van der Waals surface area contributed by atoms with Gasteiger partial charge in [-0.25, -0.2) is 4.79 Å². The van der Waals surface area contributed by atoms with Gasteiger partial charge in [-0.2, -0.15) is 0 Å². The molecule has 0 saturated carbocycles. The fourth-order valence-electron chi connectivity index (χ4n) is 3.03. The highest BCUT2D eigenvalue weighted by molar-refractivity contribution is 7.98. The number of pyridine rings is 1. The van der Waals surface area contributed by atoms with Gasteiger partial charge < -0.3 is 13.6 Å². The fraction of sp³-hybridized carbons (Fsp3) is 0.200. The minimum Gasteiger partial charge on any atom is -0.469 e. The maximum absolute atomic E-state index is 12.4. The van der Waals surface area contributed by atoms with Crippen LogP contribution in [0.3, 0.4) is 0 Å². The molecule has 8 heteroatoms. The van der Waals surface area contributed by atoms with Gasteiger partial charge in [0, 0.05) is 11.1 Å². The summed E-state index contributed by atoms with van der Waals surface area (Å²) in [7, 11) is 1.37. The molecular formula is C20H17N3O4S. The Morgan fingerprint density at radius 3 is 2.75 bits per heavy atom. The Balaban J connectivity index is 1.65. The van der Waals surface area contributed by atoms with Crippen molar-refractivity contribution in [1.82, 2.24) is 15.2 Å². The van der Waals surface area contributed by atoms with Gasteiger partial charge in [-0.1, -0.05) is 30.0 Å². The molecular weight excluding hydrogens is 378 g/mol. The molecule has 142 valence electrons. The number of furan rings is 1. The van der Waals surface area contributed by atoms with E-state index in [4.69, 9.17) is 13.6 Å². The monoisotopic (exact) mass is 395 g/mol. The van der Waals surface area contributed by atoms with Crippen LogP contribution in [0, 0.1) is 13.8 Å². The second-order valence-electron chi connectivity index (χ2n) is 6.12. The largest absolute Gasteiger partial charge is 0.469 e. The highest BCUT2D eigenvalue weighted by atomic mass is 32.2. The number of hydrogen-bond acceptors (Lipinski definition) is 8. The molecule has 0 saturated heterocycles. The molecule has 28 heavy (non-hydrogen) atoms. The van der Waals surface area contributed by atoms with Gasteiger partial charge in [-0.15, -0.1) is 10.2 Å². The summed E-state index contributed by atoms with van der Waals surface area (Å²) in [6.45, 7) is 3.73. The van der Waals surface area contributed by atoms with Crippen molar-refractivity contribution in [3.8, 4) is 11.5 Å². The number of thioether (sulfide) groups is 1. The van der Waals surface area contributed by atoms with Crippen LogP contribution in [0.4, 0.5) is 0 Å². The quantitative estimate of drug-likeness (QED) is 0.358. The van der Waals surface area contributed by atoms with Crippen LogP contribution in [0.5, 0.6) is 0 Å². The van der Waals surface area contributed by atoms with Crippen LogP contribution in [0.2, 0.25) is 0 Å². The number of aromatic nitrogens is 3. The van der Waals surface area contributed by atoms with Crippen molar-refractivity contribution in [3.63, 3.8) is 0 Å². The number of para-hydroxylation sites is 1. The molecule has 0 unspecified atom stereocenters. The second kappa shape index (κ2) is 7.47. The van der Waals surface area contributed by atoms with Crippen molar-refractivity contribution in [2.45, 2.75) is 24.8 Å². The Labute approximate surface area is 165 Å². The topological polar surface area (TPSA) is 91.2 Å². The van der Waals surface area contributed by atoms with Crippen LogP contribution < -0.4 is 0 Å². The van der Waals surface area contributed by atoms with Crippen molar-refractivity contribution in [1.29, 1.82) is 0 Å². The molecule has 0 fully saturated rings. The summed E-state index contributed by atoms with van der Waals surface area (Å²) in [5, 5.41) is 9.44. The van der Waals surface area contributed by atoms with E-state index in [1.165, 1.54) is 18.9 Å². The first kappa shape index (κ1) is 18.2. The Morgan fingerprint density at radius 2 is 2.00 bits per heavy atom. The molecule has 0 aliphatic carbocycles. The molecule has 4 rings (SSSR count). The lowest BCUT2D eigenvalue weighted by molar-refractivity contribution is 0.0598. The molecule has 7 nitrogen and oxygen atoms in total. The first-order chi connectivity index (χ1) is 13.6. The molecule has 3 heterocycles. The van der Waals surface area contributed by atoms with E-state index in [2.05, 4.69) is 15.2 Å². The van der Waals surface area contributed by atoms with Crippen molar-refractivity contribution >= 4 is 28.6 Å². The minimum absolute atomic E-state index is 0.388. The number of carbonyl (C=O) groups is 1. The second-order valence-corrected chi connectivity index (χ2v) is 7.05. The van der Waals surface area contributed by atoms with Crippen molar-refractivity contribution in [3.05, 3.63) is 59.2 Å². The third kappa shape index (κ3) is 3.27. The van der Waals surface area contributed by atoms with Crippen molar-refractivity contribution < 1.29 is 18.4 Å². The summed E-state index contributed by atoms with van der Waals surface area (Å²) in [6.07, 6.45) is 1.58. The van der Waals surface area contributed by atoms with Crippen molar-refractivity contribution in [2.24, 2.45) is 0 Å². The molecule has 0 amide bonds. The number of aryl methyl sites for hydroxylation is 2. The van der Waals surface area contributed by atoms with Crippen LogP contribution in [0.25, 0.3) is 22.4 Å². The van der Waals surface area contributed by atoms with E-state index in [9.17, 15) is 4.79 Å². The normalized spacial score (nSPS) is 11.1. The van der Waals surface area contributed by atoms with Gasteiger partial charge in [0.2, 0.25) is 0 Å². The molecule has 0 radical (unpaired) electrons. The third-order valence-corrected chi connectivity index (χ3v) is 5.27.